The summed E-state index contributed by atoms with van der Waals surface area (Å²) in [6.07, 6.45) is 4.96. The van der Waals surface area contributed by atoms with E-state index in [2.05, 4.69) is 22.0 Å². The molecule has 2 aromatic rings. The van der Waals surface area contributed by atoms with Crippen molar-refractivity contribution in [1.29, 1.82) is 5.26 Å². The fourth-order valence-corrected chi connectivity index (χ4v) is 4.41. The molecule has 1 amide bonds. The number of amides is 1. The average molecular weight is 420 g/mol. The van der Waals surface area contributed by atoms with Gasteiger partial charge >= 0.3 is 0 Å². The Labute approximate surface area is 183 Å². The molecule has 2 unspecified atom stereocenters. The summed E-state index contributed by atoms with van der Waals surface area (Å²) in [7, 11) is 0. The Morgan fingerprint density at radius 3 is 2.97 bits per heavy atom. The van der Waals surface area contributed by atoms with Crippen molar-refractivity contribution in [3.8, 4) is 11.8 Å². The number of carbonyl (C=O) groups is 1. The van der Waals surface area contributed by atoms with Crippen LogP contribution in [0.5, 0.6) is 5.75 Å². The minimum Gasteiger partial charge on any atom is -0.493 e. The fourth-order valence-electron chi connectivity index (χ4n) is 4.41. The molecule has 6 nitrogen and oxygen atoms in total. The van der Waals surface area contributed by atoms with E-state index >= 15 is 0 Å². The van der Waals surface area contributed by atoms with E-state index in [-0.39, 0.29) is 23.5 Å². The predicted molar refractivity (Wildman–Crippen MR) is 119 cm³/mol. The lowest BCUT2D eigenvalue weighted by atomic mass is 9.96. The van der Waals surface area contributed by atoms with Crippen LogP contribution in [0.25, 0.3) is 6.08 Å². The maximum atomic E-state index is 12.7. The number of rotatable bonds is 6. The zero-order valence-corrected chi connectivity index (χ0v) is 18.2. The number of aromatic nitrogens is 1. The largest absolute Gasteiger partial charge is 0.493 e. The minimum absolute atomic E-state index is 0.120. The van der Waals surface area contributed by atoms with Gasteiger partial charge in [-0.25, -0.2) is 0 Å². The van der Waals surface area contributed by atoms with Crippen LogP contribution in [-0.2, 0) is 22.5 Å². The second-order valence-corrected chi connectivity index (χ2v) is 8.44. The summed E-state index contributed by atoms with van der Waals surface area (Å²) in [6, 6.07) is 12.1. The van der Waals surface area contributed by atoms with Crippen LogP contribution in [0, 0.1) is 31.1 Å². The second kappa shape index (κ2) is 9.40. The van der Waals surface area contributed by atoms with Gasteiger partial charge in [0.25, 0.3) is 5.91 Å². The van der Waals surface area contributed by atoms with Crippen LogP contribution >= 0.6 is 0 Å². The van der Waals surface area contributed by atoms with Gasteiger partial charge in [-0.15, -0.1) is 0 Å². The minimum atomic E-state index is -0.342. The number of benzene rings is 1. The van der Waals surface area contributed by atoms with Gasteiger partial charge in [0.05, 0.1) is 12.7 Å². The second-order valence-electron chi connectivity index (χ2n) is 8.44. The van der Waals surface area contributed by atoms with Gasteiger partial charge in [0, 0.05) is 37.0 Å². The number of nitrogens with zero attached hydrogens (tertiary/aromatic N) is 2. The SMILES string of the molecule is Cc1cc(/C=C(\C#N)C(=O)NCC2COc3ccccc3C2)c(C)n1CC1CCCO1. The molecule has 0 radical (unpaired) electrons. The van der Waals surface area contributed by atoms with Crippen LogP contribution in [0.2, 0.25) is 0 Å². The number of hydrogen-bond acceptors (Lipinski definition) is 4. The van der Waals surface area contributed by atoms with E-state index in [1.165, 1.54) is 0 Å². The topological polar surface area (TPSA) is 76.3 Å². The van der Waals surface area contributed by atoms with E-state index in [1.54, 1.807) is 6.08 Å². The first-order chi connectivity index (χ1) is 15.0. The smallest absolute Gasteiger partial charge is 0.261 e. The molecular weight excluding hydrogens is 390 g/mol. The highest BCUT2D eigenvalue weighted by Crippen LogP contribution is 2.26. The first-order valence-electron chi connectivity index (χ1n) is 10.9. The number of ether oxygens (including phenoxy) is 2. The van der Waals surface area contributed by atoms with Gasteiger partial charge < -0.3 is 19.4 Å². The Morgan fingerprint density at radius 2 is 2.19 bits per heavy atom. The lowest BCUT2D eigenvalue weighted by Crippen LogP contribution is -2.35. The summed E-state index contributed by atoms with van der Waals surface area (Å²) in [4.78, 5) is 12.7. The van der Waals surface area contributed by atoms with Crippen molar-refractivity contribution in [3.63, 3.8) is 0 Å². The summed E-state index contributed by atoms with van der Waals surface area (Å²) in [5, 5.41) is 12.5. The molecule has 1 aromatic carbocycles. The lowest BCUT2D eigenvalue weighted by Gasteiger charge is -2.25. The van der Waals surface area contributed by atoms with Crippen LogP contribution < -0.4 is 10.1 Å². The van der Waals surface area contributed by atoms with Crippen molar-refractivity contribution in [2.75, 3.05) is 19.8 Å². The Bertz CT molecular complexity index is 1030. The summed E-state index contributed by atoms with van der Waals surface area (Å²) < 4.78 is 13.8. The highest BCUT2D eigenvalue weighted by atomic mass is 16.5. The van der Waals surface area contributed by atoms with Gasteiger partial charge in [0.2, 0.25) is 0 Å². The number of nitriles is 1. The van der Waals surface area contributed by atoms with E-state index in [1.807, 2.05) is 38.1 Å². The highest BCUT2D eigenvalue weighted by Gasteiger charge is 2.22. The molecule has 0 spiro atoms. The molecule has 0 bridgehead atoms. The summed E-state index contributed by atoms with van der Waals surface area (Å²) >= 11 is 0. The monoisotopic (exact) mass is 419 g/mol. The number of carbonyl (C=O) groups excluding carboxylic acids is 1. The Kier molecular flexibility index (Phi) is 6.43. The van der Waals surface area contributed by atoms with Crippen molar-refractivity contribution in [1.82, 2.24) is 9.88 Å². The standard InChI is InChI=1S/C25H29N3O3/c1-17-10-21(18(2)28(17)15-23-7-5-9-30-23)12-22(13-26)25(29)27-14-19-11-20-6-3-4-8-24(20)31-16-19/h3-4,6,8,10,12,19,23H,5,7,9,11,14-16H2,1-2H3,(H,27,29)/b22-12+. The van der Waals surface area contributed by atoms with Crippen LogP contribution in [-0.4, -0.2) is 36.3 Å². The zero-order valence-electron chi connectivity index (χ0n) is 18.2. The lowest BCUT2D eigenvalue weighted by molar-refractivity contribution is -0.117. The van der Waals surface area contributed by atoms with Gasteiger partial charge in [-0.3, -0.25) is 4.79 Å². The van der Waals surface area contributed by atoms with E-state index in [4.69, 9.17) is 9.47 Å². The van der Waals surface area contributed by atoms with Crippen molar-refractivity contribution in [3.05, 3.63) is 58.4 Å². The molecule has 3 heterocycles. The van der Waals surface area contributed by atoms with Crippen LogP contribution in [0.4, 0.5) is 0 Å². The third-order valence-electron chi connectivity index (χ3n) is 6.19. The molecule has 2 aliphatic rings. The molecule has 2 aliphatic heterocycles. The van der Waals surface area contributed by atoms with Gasteiger partial charge in [0.1, 0.15) is 17.4 Å². The van der Waals surface area contributed by atoms with Crippen LogP contribution in [0.1, 0.15) is 35.4 Å². The Hall–Kier alpha value is -3.04. The number of fused-ring (bicyclic) bond motifs is 1. The molecule has 1 N–H and O–H groups in total. The molecule has 31 heavy (non-hydrogen) atoms. The Morgan fingerprint density at radius 1 is 1.35 bits per heavy atom. The highest BCUT2D eigenvalue weighted by molar-refractivity contribution is 6.01. The van der Waals surface area contributed by atoms with Gasteiger partial charge in [-0.05, 0) is 62.4 Å². The predicted octanol–water partition coefficient (Wildman–Crippen LogP) is 3.56. The summed E-state index contributed by atoms with van der Waals surface area (Å²) in [6.45, 7) is 6.75. The van der Waals surface area contributed by atoms with E-state index in [0.29, 0.717) is 13.2 Å². The molecule has 0 saturated carbocycles. The van der Waals surface area contributed by atoms with E-state index < -0.39 is 0 Å². The van der Waals surface area contributed by atoms with Crippen molar-refractivity contribution in [2.24, 2.45) is 5.92 Å². The van der Waals surface area contributed by atoms with Crippen molar-refractivity contribution >= 4 is 12.0 Å². The first kappa shape index (κ1) is 21.2. The Balaban J connectivity index is 1.40. The normalized spacial score (nSPS) is 20.6. The third kappa shape index (κ3) is 4.83. The fraction of sp³-hybridized carbons (Fsp3) is 0.440. The molecule has 162 valence electrons. The van der Waals surface area contributed by atoms with E-state index in [0.717, 1.165) is 60.7 Å². The molecule has 1 aromatic heterocycles. The summed E-state index contributed by atoms with van der Waals surface area (Å²) in [5.74, 6) is 0.765. The first-order valence-corrected chi connectivity index (χ1v) is 10.9. The van der Waals surface area contributed by atoms with Gasteiger partial charge in [0.15, 0.2) is 0 Å². The van der Waals surface area contributed by atoms with Crippen molar-refractivity contribution < 1.29 is 14.3 Å². The molecule has 0 aliphatic carbocycles. The molecule has 1 fully saturated rings. The van der Waals surface area contributed by atoms with Crippen molar-refractivity contribution in [2.45, 2.75) is 45.8 Å². The maximum absolute atomic E-state index is 12.7. The number of hydrogen-bond donors (Lipinski definition) is 1. The zero-order chi connectivity index (χ0) is 21.8. The molecule has 1 saturated heterocycles. The maximum Gasteiger partial charge on any atom is 0.261 e. The average Bonchev–Trinajstić information content (AvgIpc) is 3.39. The van der Waals surface area contributed by atoms with Crippen LogP contribution in [0.15, 0.2) is 35.9 Å². The molecule has 6 heteroatoms. The third-order valence-corrected chi connectivity index (χ3v) is 6.19. The quantitative estimate of drug-likeness (QED) is 0.574. The molecule has 4 rings (SSSR count). The number of aryl methyl sites for hydroxylation is 1. The number of para-hydroxylation sites is 1. The van der Waals surface area contributed by atoms with E-state index in [9.17, 15) is 10.1 Å². The van der Waals surface area contributed by atoms with Crippen LogP contribution in [0.3, 0.4) is 0 Å². The number of nitrogens with one attached hydrogen (secondary N) is 1. The molecular formula is C25H29N3O3. The van der Waals surface area contributed by atoms with Gasteiger partial charge in [-0.2, -0.15) is 5.26 Å². The summed E-state index contributed by atoms with van der Waals surface area (Å²) in [5.41, 5.74) is 4.33. The molecule has 2 atom stereocenters. The van der Waals surface area contributed by atoms with Gasteiger partial charge in [-0.1, -0.05) is 18.2 Å².